The molecule has 326 valence electrons. The number of carbonyl (C=O) groups excluding carboxylic acids is 4. The average molecular weight is 855 g/mol. The summed E-state index contributed by atoms with van der Waals surface area (Å²) >= 11 is 0. The first-order valence-corrected chi connectivity index (χ1v) is 21.2. The number of alkyl carbamates (subject to hydrolysis) is 2. The second kappa shape index (κ2) is 18.1. The Kier molecular flexibility index (Phi) is 12.3. The Hall–Kier alpha value is -7.03. The molecular formula is C48H51FN8O6. The van der Waals surface area contributed by atoms with Crippen molar-refractivity contribution in [1.29, 1.82) is 0 Å². The summed E-state index contributed by atoms with van der Waals surface area (Å²) in [4.78, 5) is 72.3. The van der Waals surface area contributed by atoms with Crippen LogP contribution in [0.5, 0.6) is 0 Å². The fraction of sp³-hybridized carbons (Fsp3) is 0.333. The molecule has 5 atom stereocenters. The number of hydrogen-bond acceptors (Lipinski definition) is 8. The Labute approximate surface area is 364 Å². The minimum absolute atomic E-state index is 0.0378. The number of H-pyrrole nitrogens is 2. The van der Waals surface area contributed by atoms with E-state index in [0.29, 0.717) is 47.0 Å². The van der Waals surface area contributed by atoms with E-state index in [1.54, 1.807) is 47.5 Å². The maximum atomic E-state index is 16.1. The largest absolute Gasteiger partial charge is 0.453 e. The second-order valence-corrected chi connectivity index (χ2v) is 16.5. The number of halogens is 1. The van der Waals surface area contributed by atoms with Gasteiger partial charge in [0, 0.05) is 23.5 Å². The van der Waals surface area contributed by atoms with Gasteiger partial charge in [-0.3, -0.25) is 9.59 Å². The normalized spacial score (nSPS) is 17.7. The number of aromatic amines is 2. The van der Waals surface area contributed by atoms with Crippen molar-refractivity contribution in [2.24, 2.45) is 11.8 Å². The summed E-state index contributed by atoms with van der Waals surface area (Å²) in [6, 6.07) is 21.9. The first kappa shape index (κ1) is 42.7. The van der Waals surface area contributed by atoms with Gasteiger partial charge in [-0.15, -0.1) is 6.58 Å². The van der Waals surface area contributed by atoms with E-state index in [0.717, 1.165) is 46.6 Å². The fourth-order valence-electron chi connectivity index (χ4n) is 9.15. The van der Waals surface area contributed by atoms with Gasteiger partial charge in [0.25, 0.3) is 0 Å². The second-order valence-electron chi connectivity index (χ2n) is 16.5. The van der Waals surface area contributed by atoms with Crippen LogP contribution >= 0.6 is 0 Å². The number of benzene rings is 4. The van der Waals surface area contributed by atoms with Crippen LogP contribution in [0.1, 0.15) is 68.8 Å². The summed E-state index contributed by atoms with van der Waals surface area (Å²) in [6.07, 6.45) is 5.19. The highest BCUT2D eigenvalue weighted by Crippen LogP contribution is 2.50. The molecule has 15 heteroatoms. The summed E-state index contributed by atoms with van der Waals surface area (Å²) in [6.45, 7) is 8.10. The molecule has 0 spiro atoms. The van der Waals surface area contributed by atoms with E-state index in [9.17, 15) is 19.2 Å². The Balaban J connectivity index is 1.01. The van der Waals surface area contributed by atoms with Crippen LogP contribution in [0.15, 0.2) is 97.7 Å². The number of fused-ring (bicyclic) bond motifs is 5. The maximum Gasteiger partial charge on any atom is 0.407 e. The van der Waals surface area contributed by atoms with E-state index in [2.05, 4.69) is 32.2 Å². The van der Waals surface area contributed by atoms with Crippen LogP contribution in [0.25, 0.3) is 44.2 Å². The molecular weight excluding hydrogens is 804 g/mol. The molecule has 4 N–H and O–H groups in total. The summed E-state index contributed by atoms with van der Waals surface area (Å²) in [5.41, 5.74) is 4.50. The third kappa shape index (κ3) is 8.59. The average Bonchev–Trinajstić information content (AvgIpc) is 4.13. The van der Waals surface area contributed by atoms with Gasteiger partial charge >= 0.3 is 12.2 Å². The number of rotatable bonds is 14. The molecule has 4 aromatic carbocycles. The summed E-state index contributed by atoms with van der Waals surface area (Å²) in [7, 11) is 2.53. The molecule has 1 saturated carbocycles. The SMILES string of the molecule is C=CCCN(Cc1nc2c(ccc3cc(-c4ccc(-c5cnc(C6[C@H]7CC[C@H](C7)N6C(=O)[C@@H](NC(=O)OC)C(C)C)[nH]5)c(F)c4)ccc32)[nH]1)C(=O)[C@H](NC(=O)OC)c1ccccc1. The quantitative estimate of drug-likeness (QED) is 0.0791. The van der Waals surface area contributed by atoms with E-state index in [-0.39, 0.29) is 42.3 Å². The van der Waals surface area contributed by atoms with Gasteiger partial charge in [-0.1, -0.05) is 74.5 Å². The van der Waals surface area contributed by atoms with Crippen LogP contribution in [0.2, 0.25) is 0 Å². The first-order chi connectivity index (χ1) is 30.5. The number of imidazole rings is 2. The topological polar surface area (TPSA) is 175 Å². The van der Waals surface area contributed by atoms with Gasteiger partial charge in [0.1, 0.15) is 29.5 Å². The molecule has 63 heavy (non-hydrogen) atoms. The number of likely N-dealkylation sites (tertiary alicyclic amines) is 1. The molecule has 2 fully saturated rings. The van der Waals surface area contributed by atoms with E-state index in [4.69, 9.17) is 14.5 Å². The van der Waals surface area contributed by atoms with Crippen molar-refractivity contribution in [3.63, 3.8) is 0 Å². The number of carbonyl (C=O) groups is 4. The number of piperidine rings is 1. The van der Waals surface area contributed by atoms with Crippen LogP contribution in [0.3, 0.4) is 0 Å². The lowest BCUT2D eigenvalue weighted by molar-refractivity contribution is -0.139. The van der Waals surface area contributed by atoms with Crippen molar-refractivity contribution < 1.29 is 33.0 Å². The smallest absolute Gasteiger partial charge is 0.407 e. The number of hydrogen-bond donors (Lipinski definition) is 4. The van der Waals surface area contributed by atoms with Crippen LogP contribution in [-0.2, 0) is 25.6 Å². The van der Waals surface area contributed by atoms with Gasteiger partial charge in [-0.25, -0.2) is 23.9 Å². The molecule has 1 unspecified atom stereocenters. The Bertz CT molecular complexity index is 2680. The molecule has 6 aromatic rings. The van der Waals surface area contributed by atoms with Crippen LogP contribution < -0.4 is 10.6 Å². The highest BCUT2D eigenvalue weighted by Gasteiger charge is 2.51. The lowest BCUT2D eigenvalue weighted by atomic mass is 9.95. The molecule has 0 radical (unpaired) electrons. The van der Waals surface area contributed by atoms with Crippen molar-refractivity contribution in [1.82, 2.24) is 40.4 Å². The molecule has 2 aliphatic rings. The molecule has 14 nitrogen and oxygen atoms in total. The van der Waals surface area contributed by atoms with Gasteiger partial charge in [0.15, 0.2) is 0 Å². The van der Waals surface area contributed by atoms with Crippen molar-refractivity contribution in [3.05, 3.63) is 121 Å². The fourth-order valence-corrected chi connectivity index (χ4v) is 9.15. The van der Waals surface area contributed by atoms with Crippen molar-refractivity contribution >= 4 is 45.8 Å². The molecule has 1 aliphatic carbocycles. The van der Waals surface area contributed by atoms with Gasteiger partial charge in [-0.05, 0) is 83.9 Å². The Morgan fingerprint density at radius 1 is 0.952 bits per heavy atom. The standard InChI is InChI=1S/C48H51FN8O6/c1-6-7-21-56(45(58)41(55-48(61)63-5)28-11-9-8-10-12-28)26-39-51-37-20-16-31-22-29(14-18-34(31)42(37)53-39)30-15-19-35(36(49)24-30)38-25-50-44(52-38)43-32-13-17-33(23-32)57(43)46(59)40(27(2)3)54-47(60)62-4/h6,8-12,14-16,18-20,22,24-25,27,32-33,40-41,43H,1,7,13,17,21,23,26H2,2-5H3,(H,50,52)(H,51,53)(H,54,60)(H,55,61)/t32-,33+,40-,41+,43?/m0/s1. The number of amides is 4. The van der Waals surface area contributed by atoms with E-state index < -0.39 is 30.1 Å². The number of nitrogens with one attached hydrogen (secondary N) is 4. The third-order valence-electron chi connectivity index (χ3n) is 12.3. The molecule has 4 amide bonds. The highest BCUT2D eigenvalue weighted by molar-refractivity contribution is 6.05. The van der Waals surface area contributed by atoms with E-state index >= 15 is 4.39 Å². The maximum absolute atomic E-state index is 16.1. The van der Waals surface area contributed by atoms with E-state index in [1.165, 1.54) is 20.3 Å². The van der Waals surface area contributed by atoms with Crippen molar-refractivity contribution in [2.45, 2.75) is 70.2 Å². The summed E-state index contributed by atoms with van der Waals surface area (Å²) in [5, 5.41) is 7.18. The van der Waals surface area contributed by atoms with Gasteiger partial charge in [0.2, 0.25) is 11.8 Å². The minimum Gasteiger partial charge on any atom is -0.453 e. The third-order valence-corrected chi connectivity index (χ3v) is 12.3. The molecule has 1 saturated heterocycles. The van der Waals surface area contributed by atoms with Crippen molar-refractivity contribution in [2.75, 3.05) is 20.8 Å². The summed E-state index contributed by atoms with van der Waals surface area (Å²) < 4.78 is 25.7. The van der Waals surface area contributed by atoms with Crippen LogP contribution in [0.4, 0.5) is 14.0 Å². The zero-order valence-corrected chi connectivity index (χ0v) is 35.7. The number of methoxy groups -OCH3 is 2. The number of ether oxygens (including phenoxy) is 2. The lowest BCUT2D eigenvalue weighted by Gasteiger charge is -2.37. The van der Waals surface area contributed by atoms with Crippen molar-refractivity contribution in [3.8, 4) is 22.4 Å². The molecule has 1 aliphatic heterocycles. The van der Waals surface area contributed by atoms with Gasteiger partial charge < -0.3 is 39.9 Å². The predicted octanol–water partition coefficient (Wildman–Crippen LogP) is 8.35. The zero-order valence-electron chi connectivity index (χ0n) is 35.7. The van der Waals surface area contributed by atoms with Crippen LogP contribution in [-0.4, -0.2) is 86.6 Å². The number of aromatic nitrogens is 4. The Morgan fingerprint density at radius 2 is 1.70 bits per heavy atom. The molecule has 2 aromatic heterocycles. The lowest BCUT2D eigenvalue weighted by Crippen LogP contribution is -2.54. The monoisotopic (exact) mass is 854 g/mol. The predicted molar refractivity (Wildman–Crippen MR) is 236 cm³/mol. The molecule has 2 bridgehead atoms. The highest BCUT2D eigenvalue weighted by atomic mass is 19.1. The van der Waals surface area contributed by atoms with E-state index in [1.807, 2.05) is 61.2 Å². The minimum atomic E-state index is -0.972. The molecule has 8 rings (SSSR count). The van der Waals surface area contributed by atoms with Gasteiger partial charge in [0.05, 0.1) is 49.7 Å². The first-order valence-electron chi connectivity index (χ1n) is 21.2. The van der Waals surface area contributed by atoms with Crippen LogP contribution in [0, 0.1) is 17.7 Å². The zero-order chi connectivity index (χ0) is 44.4. The number of nitrogens with zero attached hydrogens (tertiary/aromatic N) is 4. The Morgan fingerprint density at radius 3 is 2.43 bits per heavy atom. The van der Waals surface area contributed by atoms with Gasteiger partial charge in [-0.2, -0.15) is 0 Å². The summed E-state index contributed by atoms with van der Waals surface area (Å²) in [5.74, 6) is 0.286. The molecule has 3 heterocycles.